The summed E-state index contributed by atoms with van der Waals surface area (Å²) in [7, 11) is 4.05. The van der Waals surface area contributed by atoms with Crippen molar-refractivity contribution in [2.24, 2.45) is 5.16 Å². The van der Waals surface area contributed by atoms with Crippen LogP contribution in [0.15, 0.2) is 40.9 Å². The molecular weight excluding hydrogens is 316 g/mol. The summed E-state index contributed by atoms with van der Waals surface area (Å²) in [6, 6.07) is 10.2. The van der Waals surface area contributed by atoms with Crippen LogP contribution in [0.3, 0.4) is 0 Å². The third-order valence-electron chi connectivity index (χ3n) is 3.82. The Morgan fingerprint density at radius 2 is 2.09 bits per heavy atom. The molecule has 0 amide bonds. The molecule has 1 aromatic carbocycles. The number of oxime groups is 1. The number of rotatable bonds is 5. The summed E-state index contributed by atoms with van der Waals surface area (Å²) in [5.74, 6) is 0.283. The first-order valence-corrected chi connectivity index (χ1v) is 8.58. The van der Waals surface area contributed by atoms with Crippen LogP contribution < -0.4 is 0 Å². The first-order valence-electron chi connectivity index (χ1n) is 7.32. The van der Waals surface area contributed by atoms with Gasteiger partial charge in [-0.05, 0) is 42.7 Å². The van der Waals surface area contributed by atoms with E-state index in [4.69, 9.17) is 16.4 Å². The molecule has 0 spiro atoms. The molecule has 0 N–H and O–H groups in total. The molecule has 0 saturated heterocycles. The summed E-state index contributed by atoms with van der Waals surface area (Å²) < 4.78 is 0. The van der Waals surface area contributed by atoms with Crippen molar-refractivity contribution in [3.63, 3.8) is 0 Å². The third-order valence-corrected chi connectivity index (χ3v) is 5.14. The molecule has 1 unspecified atom stereocenters. The zero-order valence-electron chi connectivity index (χ0n) is 12.8. The van der Waals surface area contributed by atoms with Gasteiger partial charge in [-0.15, -0.1) is 11.3 Å². The van der Waals surface area contributed by atoms with Crippen molar-refractivity contribution < 1.29 is 4.84 Å². The average molecular weight is 335 g/mol. The van der Waals surface area contributed by atoms with Gasteiger partial charge in [0.1, 0.15) is 6.61 Å². The van der Waals surface area contributed by atoms with Crippen LogP contribution in [0.1, 0.15) is 28.3 Å². The monoisotopic (exact) mass is 334 g/mol. The van der Waals surface area contributed by atoms with E-state index in [-0.39, 0.29) is 5.92 Å². The lowest BCUT2D eigenvalue weighted by molar-refractivity contribution is 0.126. The Hall–Kier alpha value is -1.36. The van der Waals surface area contributed by atoms with Crippen molar-refractivity contribution in [2.75, 3.05) is 27.2 Å². The number of thiophene rings is 1. The van der Waals surface area contributed by atoms with E-state index in [1.54, 1.807) is 11.3 Å². The van der Waals surface area contributed by atoms with Crippen LogP contribution in [0.4, 0.5) is 0 Å². The maximum absolute atomic E-state index is 6.37. The third kappa shape index (κ3) is 3.19. The van der Waals surface area contributed by atoms with Gasteiger partial charge in [-0.3, -0.25) is 0 Å². The Morgan fingerprint density at radius 3 is 2.86 bits per heavy atom. The van der Waals surface area contributed by atoms with Gasteiger partial charge < -0.3 is 9.74 Å². The molecule has 2 aromatic rings. The molecule has 0 saturated carbocycles. The van der Waals surface area contributed by atoms with Crippen LogP contribution in [-0.4, -0.2) is 37.9 Å². The summed E-state index contributed by atoms with van der Waals surface area (Å²) in [6.07, 6.45) is 0.855. The topological polar surface area (TPSA) is 24.8 Å². The molecule has 0 radical (unpaired) electrons. The number of benzene rings is 1. The van der Waals surface area contributed by atoms with Crippen LogP contribution in [-0.2, 0) is 4.84 Å². The lowest BCUT2D eigenvalue weighted by Crippen LogP contribution is -2.17. The van der Waals surface area contributed by atoms with Gasteiger partial charge in [0.05, 0.1) is 10.6 Å². The average Bonchev–Trinajstić information content (AvgIpc) is 3.07. The highest BCUT2D eigenvalue weighted by molar-refractivity contribution is 7.12. The number of halogens is 1. The number of likely N-dealkylation sites (N-methyl/N-ethyl adjacent to an activating group) is 1. The molecule has 1 aromatic heterocycles. The highest BCUT2D eigenvalue weighted by atomic mass is 35.5. The second-order valence-electron chi connectivity index (χ2n) is 5.66. The van der Waals surface area contributed by atoms with Crippen molar-refractivity contribution in [1.82, 2.24) is 4.90 Å². The number of hydrogen-bond donors (Lipinski definition) is 0. The van der Waals surface area contributed by atoms with Crippen molar-refractivity contribution in [3.8, 4) is 0 Å². The van der Waals surface area contributed by atoms with Crippen molar-refractivity contribution in [3.05, 3.63) is 56.7 Å². The Labute approximate surface area is 140 Å². The van der Waals surface area contributed by atoms with E-state index in [0.717, 1.165) is 23.7 Å². The maximum atomic E-state index is 6.37. The largest absolute Gasteiger partial charge is 0.394 e. The predicted octanol–water partition coefficient (Wildman–Crippen LogP) is 4.22. The first-order chi connectivity index (χ1) is 10.7. The molecule has 0 aliphatic heterocycles. The highest BCUT2D eigenvalue weighted by Crippen LogP contribution is 2.43. The van der Waals surface area contributed by atoms with Gasteiger partial charge in [-0.25, -0.2) is 0 Å². The smallest absolute Gasteiger partial charge is 0.129 e. The normalized spacial score (nSPS) is 18.9. The second kappa shape index (κ2) is 6.82. The van der Waals surface area contributed by atoms with Crippen molar-refractivity contribution >= 4 is 28.6 Å². The lowest BCUT2D eigenvalue weighted by atomic mass is 9.94. The number of fused-ring (bicyclic) bond motifs is 1. The van der Waals surface area contributed by atoms with E-state index in [1.165, 1.54) is 16.0 Å². The lowest BCUT2D eigenvalue weighted by Gasteiger charge is -2.12. The first kappa shape index (κ1) is 15.5. The maximum Gasteiger partial charge on any atom is 0.129 e. The van der Waals surface area contributed by atoms with Crippen LogP contribution >= 0.6 is 22.9 Å². The van der Waals surface area contributed by atoms with Crippen molar-refractivity contribution in [1.29, 1.82) is 0 Å². The molecular formula is C17H19ClN2OS. The minimum Gasteiger partial charge on any atom is -0.394 e. The highest BCUT2D eigenvalue weighted by Gasteiger charge is 2.31. The van der Waals surface area contributed by atoms with E-state index >= 15 is 0 Å². The molecule has 1 aliphatic rings. The SMILES string of the molecule is CN(C)CCON=C1CC(c2ccccc2Cl)c2ccsc21. The Balaban J connectivity index is 1.80. The van der Waals surface area contributed by atoms with E-state index in [0.29, 0.717) is 6.61 Å². The molecule has 3 nitrogen and oxygen atoms in total. The summed E-state index contributed by atoms with van der Waals surface area (Å²) in [5.41, 5.74) is 3.52. The minimum atomic E-state index is 0.283. The van der Waals surface area contributed by atoms with Crippen LogP contribution in [0.5, 0.6) is 0 Å². The van der Waals surface area contributed by atoms with Gasteiger partial charge in [0, 0.05) is 23.9 Å². The molecule has 116 valence electrons. The van der Waals surface area contributed by atoms with Gasteiger partial charge in [0.15, 0.2) is 0 Å². The fourth-order valence-corrected chi connectivity index (χ4v) is 3.91. The number of nitrogens with zero attached hydrogens (tertiary/aromatic N) is 2. The Kier molecular flexibility index (Phi) is 4.81. The molecule has 1 aliphatic carbocycles. The van der Waals surface area contributed by atoms with E-state index in [1.807, 2.05) is 32.3 Å². The molecule has 1 heterocycles. The fraction of sp³-hybridized carbons (Fsp3) is 0.353. The predicted molar refractivity (Wildman–Crippen MR) is 93.3 cm³/mol. The van der Waals surface area contributed by atoms with Crippen LogP contribution in [0.2, 0.25) is 5.02 Å². The molecule has 1 atom stereocenters. The Morgan fingerprint density at radius 1 is 1.27 bits per heavy atom. The number of hydrogen-bond acceptors (Lipinski definition) is 4. The molecule has 0 fully saturated rings. The van der Waals surface area contributed by atoms with E-state index < -0.39 is 0 Å². The molecule has 5 heteroatoms. The van der Waals surface area contributed by atoms with Gasteiger partial charge >= 0.3 is 0 Å². The fourth-order valence-electron chi connectivity index (χ4n) is 2.68. The van der Waals surface area contributed by atoms with Crippen LogP contribution in [0.25, 0.3) is 0 Å². The van der Waals surface area contributed by atoms with Gasteiger partial charge in [-0.2, -0.15) is 0 Å². The van der Waals surface area contributed by atoms with Gasteiger partial charge in [-0.1, -0.05) is 35.0 Å². The van der Waals surface area contributed by atoms with E-state index in [2.05, 4.69) is 27.6 Å². The Bertz CT molecular complexity index is 681. The summed E-state index contributed by atoms with van der Waals surface area (Å²) in [4.78, 5) is 8.80. The van der Waals surface area contributed by atoms with E-state index in [9.17, 15) is 0 Å². The summed E-state index contributed by atoms with van der Waals surface area (Å²) in [5, 5.41) is 7.30. The summed E-state index contributed by atoms with van der Waals surface area (Å²) in [6.45, 7) is 1.47. The quantitative estimate of drug-likeness (QED) is 0.604. The van der Waals surface area contributed by atoms with Gasteiger partial charge in [0.2, 0.25) is 0 Å². The minimum absolute atomic E-state index is 0.283. The second-order valence-corrected chi connectivity index (χ2v) is 6.98. The molecule has 3 rings (SSSR count). The zero-order valence-corrected chi connectivity index (χ0v) is 14.3. The van der Waals surface area contributed by atoms with Gasteiger partial charge in [0.25, 0.3) is 0 Å². The summed E-state index contributed by atoms with van der Waals surface area (Å²) >= 11 is 8.10. The zero-order chi connectivity index (χ0) is 15.5. The molecule has 0 bridgehead atoms. The standard InChI is InChI=1S/C17H19ClN2OS/c1-20(2)8-9-21-19-16-11-14(13-7-10-22-17(13)16)12-5-3-4-6-15(12)18/h3-7,10,14H,8-9,11H2,1-2H3. The molecule has 22 heavy (non-hydrogen) atoms. The van der Waals surface area contributed by atoms with Crippen molar-refractivity contribution in [2.45, 2.75) is 12.3 Å². The van der Waals surface area contributed by atoms with Crippen LogP contribution in [0, 0.1) is 0 Å².